The highest BCUT2D eigenvalue weighted by atomic mass is 19.1. The van der Waals surface area contributed by atoms with Gasteiger partial charge in [0.15, 0.2) is 0 Å². The van der Waals surface area contributed by atoms with E-state index in [1.165, 1.54) is 35.2 Å². The van der Waals surface area contributed by atoms with Crippen molar-refractivity contribution in [2.45, 2.75) is 12.5 Å². The van der Waals surface area contributed by atoms with Gasteiger partial charge in [0.05, 0.1) is 24.8 Å². The van der Waals surface area contributed by atoms with Crippen molar-refractivity contribution in [3.05, 3.63) is 76.9 Å². The first kappa shape index (κ1) is 22.1. The van der Waals surface area contributed by atoms with E-state index in [-0.39, 0.29) is 17.7 Å². The lowest BCUT2D eigenvalue weighted by Crippen LogP contribution is -2.39. The third kappa shape index (κ3) is 4.56. The predicted molar refractivity (Wildman–Crippen MR) is 114 cm³/mol. The van der Waals surface area contributed by atoms with Crippen LogP contribution in [0.2, 0.25) is 0 Å². The van der Waals surface area contributed by atoms with Gasteiger partial charge in [0.25, 0.3) is 11.7 Å². The summed E-state index contributed by atoms with van der Waals surface area (Å²) in [6.45, 7) is 3.91. The van der Waals surface area contributed by atoms with E-state index in [0.717, 1.165) is 31.8 Å². The van der Waals surface area contributed by atoms with Crippen LogP contribution in [0.3, 0.4) is 0 Å². The number of aliphatic hydroxyl groups is 1. The highest BCUT2D eigenvalue weighted by molar-refractivity contribution is 6.46. The fourth-order valence-electron chi connectivity index (χ4n) is 4.19. The second kappa shape index (κ2) is 9.58. The molecule has 2 heterocycles. The molecule has 0 aliphatic carbocycles. The van der Waals surface area contributed by atoms with Gasteiger partial charge in [-0.3, -0.25) is 14.5 Å². The van der Waals surface area contributed by atoms with Gasteiger partial charge < -0.3 is 14.7 Å². The van der Waals surface area contributed by atoms with E-state index in [1.54, 1.807) is 6.07 Å². The van der Waals surface area contributed by atoms with Crippen LogP contribution in [-0.2, 0) is 14.3 Å². The number of carbonyl (C=O) groups excluding carboxylic acids is 2. The first-order chi connectivity index (χ1) is 15.5. The number of morpholine rings is 1. The number of halogens is 2. The summed E-state index contributed by atoms with van der Waals surface area (Å²) >= 11 is 0. The smallest absolute Gasteiger partial charge is 0.295 e. The van der Waals surface area contributed by atoms with Gasteiger partial charge >= 0.3 is 0 Å². The SMILES string of the molecule is O=C1C(=O)N(CCCN2CCOCC2)[C@@H](c2cccc(F)c2)/C1=C(\O)c1ccc(F)cc1. The molecule has 2 aliphatic heterocycles. The largest absolute Gasteiger partial charge is 0.507 e. The molecular weight excluding hydrogens is 418 g/mol. The second-order valence-corrected chi connectivity index (χ2v) is 7.86. The summed E-state index contributed by atoms with van der Waals surface area (Å²) in [4.78, 5) is 29.4. The molecule has 4 rings (SSSR count). The van der Waals surface area contributed by atoms with Gasteiger partial charge in [-0.25, -0.2) is 8.78 Å². The van der Waals surface area contributed by atoms with Crippen LogP contribution in [0.4, 0.5) is 8.78 Å². The summed E-state index contributed by atoms with van der Waals surface area (Å²) in [7, 11) is 0. The van der Waals surface area contributed by atoms with E-state index in [2.05, 4.69) is 4.90 Å². The molecule has 0 radical (unpaired) electrons. The molecule has 1 N–H and O–H groups in total. The lowest BCUT2D eigenvalue weighted by Gasteiger charge is -2.29. The Morgan fingerprint density at radius 3 is 2.41 bits per heavy atom. The molecule has 2 aliphatic rings. The summed E-state index contributed by atoms with van der Waals surface area (Å²) in [5.74, 6) is -3.00. The average molecular weight is 442 g/mol. The number of carbonyl (C=O) groups is 2. The fraction of sp³-hybridized carbons (Fsp3) is 0.333. The zero-order valence-corrected chi connectivity index (χ0v) is 17.5. The number of nitrogens with zero attached hydrogens (tertiary/aromatic N) is 2. The number of hydrogen-bond acceptors (Lipinski definition) is 5. The van der Waals surface area contributed by atoms with Crippen LogP contribution in [0.25, 0.3) is 5.76 Å². The molecule has 8 heteroatoms. The van der Waals surface area contributed by atoms with Crippen molar-refractivity contribution in [3.63, 3.8) is 0 Å². The van der Waals surface area contributed by atoms with E-state index in [4.69, 9.17) is 4.74 Å². The lowest BCUT2D eigenvalue weighted by molar-refractivity contribution is -0.140. The van der Waals surface area contributed by atoms with Gasteiger partial charge in [0.2, 0.25) is 0 Å². The molecule has 0 aromatic heterocycles. The maximum atomic E-state index is 14.0. The van der Waals surface area contributed by atoms with Crippen LogP contribution in [0.5, 0.6) is 0 Å². The van der Waals surface area contributed by atoms with Gasteiger partial charge in [0, 0.05) is 31.7 Å². The van der Waals surface area contributed by atoms with Gasteiger partial charge in [-0.2, -0.15) is 0 Å². The maximum absolute atomic E-state index is 14.0. The third-order valence-corrected chi connectivity index (χ3v) is 5.80. The summed E-state index contributed by atoms with van der Waals surface area (Å²) in [6, 6.07) is 9.69. The number of benzene rings is 2. The van der Waals surface area contributed by atoms with E-state index in [9.17, 15) is 23.5 Å². The lowest BCUT2D eigenvalue weighted by atomic mass is 9.95. The van der Waals surface area contributed by atoms with Gasteiger partial charge in [0.1, 0.15) is 17.4 Å². The minimum absolute atomic E-state index is 0.126. The predicted octanol–water partition coefficient (Wildman–Crippen LogP) is 3.11. The Morgan fingerprint density at radius 2 is 1.72 bits per heavy atom. The van der Waals surface area contributed by atoms with Gasteiger partial charge in [-0.05, 0) is 48.4 Å². The van der Waals surface area contributed by atoms with Crippen LogP contribution in [-0.4, -0.2) is 66.0 Å². The molecule has 6 nitrogen and oxygen atoms in total. The molecular formula is C24H24F2N2O4. The molecule has 0 saturated carbocycles. The quantitative estimate of drug-likeness (QED) is 0.423. The Kier molecular flexibility index (Phi) is 6.62. The average Bonchev–Trinajstić information content (AvgIpc) is 3.05. The number of ketones is 1. The minimum Gasteiger partial charge on any atom is -0.507 e. The number of rotatable bonds is 6. The number of amides is 1. The molecule has 2 aromatic rings. The molecule has 32 heavy (non-hydrogen) atoms. The van der Waals surface area contributed by atoms with Crippen LogP contribution in [0.15, 0.2) is 54.1 Å². The number of ether oxygens (including phenoxy) is 1. The molecule has 1 amide bonds. The monoisotopic (exact) mass is 442 g/mol. The number of hydrogen-bond donors (Lipinski definition) is 1. The van der Waals surface area contributed by atoms with Crippen LogP contribution >= 0.6 is 0 Å². The van der Waals surface area contributed by atoms with E-state index in [1.807, 2.05) is 0 Å². The van der Waals surface area contributed by atoms with Crippen molar-refractivity contribution in [1.82, 2.24) is 9.80 Å². The number of aliphatic hydroxyl groups excluding tert-OH is 1. The summed E-state index contributed by atoms with van der Waals surface area (Å²) in [5, 5.41) is 10.9. The first-order valence-corrected chi connectivity index (χ1v) is 10.6. The maximum Gasteiger partial charge on any atom is 0.295 e. The van der Waals surface area contributed by atoms with E-state index >= 15 is 0 Å². The zero-order chi connectivity index (χ0) is 22.7. The Balaban J connectivity index is 1.67. The normalized spacial score (nSPS) is 21.3. The van der Waals surface area contributed by atoms with Crippen LogP contribution in [0, 0.1) is 11.6 Å². The molecule has 2 aromatic carbocycles. The summed E-state index contributed by atoms with van der Waals surface area (Å²) in [6.07, 6.45) is 0.607. The molecule has 0 spiro atoms. The Hall–Kier alpha value is -3.10. The van der Waals surface area contributed by atoms with E-state index in [0.29, 0.717) is 25.2 Å². The Labute approximate surface area is 184 Å². The van der Waals surface area contributed by atoms with Crippen molar-refractivity contribution in [1.29, 1.82) is 0 Å². The summed E-state index contributed by atoms with van der Waals surface area (Å²) in [5.41, 5.74) is 0.469. The Morgan fingerprint density at radius 1 is 1.00 bits per heavy atom. The van der Waals surface area contributed by atoms with E-state index < -0.39 is 35.1 Å². The highest BCUT2D eigenvalue weighted by Gasteiger charge is 2.45. The van der Waals surface area contributed by atoms with Crippen molar-refractivity contribution in [2.24, 2.45) is 0 Å². The molecule has 2 fully saturated rings. The van der Waals surface area contributed by atoms with Gasteiger partial charge in [-0.1, -0.05) is 12.1 Å². The number of Topliss-reactive ketones (excluding diaryl/α,β-unsaturated/α-hetero) is 1. The Bertz CT molecular complexity index is 1030. The second-order valence-electron chi connectivity index (χ2n) is 7.86. The molecule has 0 unspecified atom stereocenters. The first-order valence-electron chi connectivity index (χ1n) is 10.6. The minimum atomic E-state index is -0.930. The molecule has 168 valence electrons. The highest BCUT2D eigenvalue weighted by Crippen LogP contribution is 2.39. The fourth-order valence-corrected chi connectivity index (χ4v) is 4.19. The van der Waals surface area contributed by atoms with Crippen LogP contribution < -0.4 is 0 Å². The van der Waals surface area contributed by atoms with Crippen molar-refractivity contribution in [3.8, 4) is 0 Å². The molecule has 0 bridgehead atoms. The van der Waals surface area contributed by atoms with Gasteiger partial charge in [-0.15, -0.1) is 0 Å². The third-order valence-electron chi connectivity index (χ3n) is 5.80. The molecule has 2 saturated heterocycles. The van der Waals surface area contributed by atoms with Crippen LogP contribution in [0.1, 0.15) is 23.6 Å². The topological polar surface area (TPSA) is 70.1 Å². The number of likely N-dealkylation sites (tertiary alicyclic amines) is 1. The molecule has 1 atom stereocenters. The van der Waals surface area contributed by atoms with Crippen molar-refractivity contribution >= 4 is 17.4 Å². The van der Waals surface area contributed by atoms with Crippen molar-refractivity contribution in [2.75, 3.05) is 39.4 Å². The standard InChI is InChI=1S/C24H24F2N2O4/c25-18-7-5-16(6-8-18)22(29)20-21(17-3-1-4-19(26)15-17)28(24(31)23(20)30)10-2-9-27-11-13-32-14-12-27/h1,3-8,15,21,29H,2,9-14H2/b22-20+/t21-/m0/s1. The zero-order valence-electron chi connectivity index (χ0n) is 17.5. The summed E-state index contributed by atoms with van der Waals surface area (Å²) < 4.78 is 32.7. The van der Waals surface area contributed by atoms with Crippen molar-refractivity contribution < 1.29 is 28.2 Å².